The number of nitrogens with one attached hydrogen (secondary N) is 1. The van der Waals surface area contributed by atoms with Crippen LogP contribution in [0.5, 0.6) is 0 Å². The summed E-state index contributed by atoms with van der Waals surface area (Å²) >= 11 is 0. The van der Waals surface area contributed by atoms with E-state index in [9.17, 15) is 0 Å². The van der Waals surface area contributed by atoms with Crippen molar-refractivity contribution >= 4 is 33.4 Å². The summed E-state index contributed by atoms with van der Waals surface area (Å²) in [4.78, 5) is 8.68. The van der Waals surface area contributed by atoms with E-state index >= 15 is 0 Å². The molecule has 0 saturated carbocycles. The van der Waals surface area contributed by atoms with Crippen LogP contribution in [0, 0.1) is 0 Å². The van der Waals surface area contributed by atoms with E-state index in [1.807, 2.05) is 65.3 Å². The molecule has 3 aromatic carbocycles. The Morgan fingerprint density at radius 3 is 2.59 bits per heavy atom. The molecule has 6 nitrogen and oxygen atoms in total. The van der Waals surface area contributed by atoms with Gasteiger partial charge in [-0.15, -0.1) is 5.10 Å². The van der Waals surface area contributed by atoms with Crippen molar-refractivity contribution in [3.05, 3.63) is 84.7 Å². The van der Waals surface area contributed by atoms with E-state index < -0.39 is 0 Å². The Morgan fingerprint density at radius 2 is 1.67 bits per heavy atom. The van der Waals surface area contributed by atoms with E-state index in [0.29, 0.717) is 6.54 Å². The van der Waals surface area contributed by atoms with Gasteiger partial charge in [0.25, 0.3) is 0 Å². The predicted octanol–water partition coefficient (Wildman–Crippen LogP) is 4.17. The standard InChI is InChI=1S/C21H16N6/c1-2-6-15(7-3-1)13-27-20-11-10-16(12-19(20)25-26-27)24-21-17-8-4-5-9-18(17)22-14-23-21/h1-12,14H,13H2,(H,22,23,24). The molecule has 0 unspecified atom stereocenters. The van der Waals surface area contributed by atoms with Gasteiger partial charge >= 0.3 is 0 Å². The van der Waals surface area contributed by atoms with Gasteiger partial charge in [0.15, 0.2) is 0 Å². The highest BCUT2D eigenvalue weighted by molar-refractivity contribution is 5.91. The second kappa shape index (κ2) is 6.49. The fourth-order valence-electron chi connectivity index (χ4n) is 3.16. The molecule has 0 atom stereocenters. The summed E-state index contributed by atoms with van der Waals surface area (Å²) in [5, 5.41) is 13.0. The van der Waals surface area contributed by atoms with Gasteiger partial charge in [-0.3, -0.25) is 0 Å². The highest BCUT2D eigenvalue weighted by Gasteiger charge is 2.08. The zero-order valence-electron chi connectivity index (χ0n) is 14.4. The lowest BCUT2D eigenvalue weighted by molar-refractivity contribution is 0.670. The Kier molecular flexibility index (Phi) is 3.72. The molecule has 5 rings (SSSR count). The molecule has 0 spiro atoms. The van der Waals surface area contributed by atoms with Gasteiger partial charge in [-0.25, -0.2) is 14.6 Å². The van der Waals surface area contributed by atoms with Crippen LogP contribution in [0.2, 0.25) is 0 Å². The van der Waals surface area contributed by atoms with Crippen molar-refractivity contribution < 1.29 is 0 Å². The third-order valence-electron chi connectivity index (χ3n) is 4.49. The van der Waals surface area contributed by atoms with Crippen LogP contribution in [-0.4, -0.2) is 25.0 Å². The maximum Gasteiger partial charge on any atom is 0.141 e. The quantitative estimate of drug-likeness (QED) is 0.526. The number of rotatable bonds is 4. The molecule has 0 bridgehead atoms. The summed E-state index contributed by atoms with van der Waals surface area (Å²) in [6.45, 7) is 0.695. The third-order valence-corrected chi connectivity index (χ3v) is 4.49. The normalized spacial score (nSPS) is 11.1. The largest absolute Gasteiger partial charge is 0.340 e. The summed E-state index contributed by atoms with van der Waals surface area (Å²) in [5.41, 5.74) is 4.85. The number of benzene rings is 3. The lowest BCUT2D eigenvalue weighted by atomic mass is 10.2. The van der Waals surface area contributed by atoms with Crippen molar-refractivity contribution in [1.29, 1.82) is 0 Å². The summed E-state index contributed by atoms with van der Waals surface area (Å²) in [6.07, 6.45) is 1.57. The molecule has 0 radical (unpaired) electrons. The Morgan fingerprint density at radius 1 is 0.815 bits per heavy atom. The van der Waals surface area contributed by atoms with Crippen molar-refractivity contribution in [2.24, 2.45) is 0 Å². The highest BCUT2D eigenvalue weighted by atomic mass is 15.4. The average Bonchev–Trinajstić information content (AvgIpc) is 3.11. The molecular weight excluding hydrogens is 336 g/mol. The van der Waals surface area contributed by atoms with E-state index in [1.165, 1.54) is 5.56 Å². The number of para-hydroxylation sites is 1. The average molecular weight is 352 g/mol. The first-order valence-electron chi connectivity index (χ1n) is 8.71. The van der Waals surface area contributed by atoms with Gasteiger partial charge in [0.2, 0.25) is 0 Å². The number of fused-ring (bicyclic) bond motifs is 2. The first-order valence-corrected chi connectivity index (χ1v) is 8.71. The number of aromatic nitrogens is 5. The first kappa shape index (κ1) is 15.5. The smallest absolute Gasteiger partial charge is 0.141 e. The van der Waals surface area contributed by atoms with E-state index in [-0.39, 0.29) is 0 Å². The van der Waals surface area contributed by atoms with Crippen LogP contribution in [0.4, 0.5) is 11.5 Å². The predicted molar refractivity (Wildman–Crippen MR) is 106 cm³/mol. The van der Waals surface area contributed by atoms with Gasteiger partial charge in [-0.1, -0.05) is 47.7 Å². The molecule has 130 valence electrons. The lowest BCUT2D eigenvalue weighted by Gasteiger charge is -2.08. The van der Waals surface area contributed by atoms with E-state index in [1.54, 1.807) is 6.33 Å². The molecule has 0 aliphatic heterocycles. The maximum atomic E-state index is 4.38. The van der Waals surface area contributed by atoms with E-state index in [0.717, 1.165) is 33.4 Å². The molecule has 0 aliphatic carbocycles. The van der Waals surface area contributed by atoms with Crippen LogP contribution in [-0.2, 0) is 6.54 Å². The fraction of sp³-hybridized carbons (Fsp3) is 0.0476. The molecule has 2 heterocycles. The molecular formula is C21H16N6. The van der Waals surface area contributed by atoms with Crippen LogP contribution in [0.15, 0.2) is 79.1 Å². The molecule has 1 N–H and O–H groups in total. The van der Waals surface area contributed by atoms with Crippen LogP contribution < -0.4 is 5.32 Å². The van der Waals surface area contributed by atoms with Gasteiger partial charge in [0, 0.05) is 11.1 Å². The fourth-order valence-corrected chi connectivity index (χ4v) is 3.16. The van der Waals surface area contributed by atoms with Gasteiger partial charge < -0.3 is 5.32 Å². The monoisotopic (exact) mass is 352 g/mol. The van der Waals surface area contributed by atoms with Gasteiger partial charge in [-0.05, 0) is 35.9 Å². The number of hydrogen-bond acceptors (Lipinski definition) is 5. The SMILES string of the molecule is c1ccc(Cn2nnc3cc(Nc4ncnc5ccccc45)ccc32)cc1. The molecule has 0 fully saturated rings. The van der Waals surface area contributed by atoms with Gasteiger partial charge in [0.1, 0.15) is 17.7 Å². The van der Waals surface area contributed by atoms with Crippen molar-refractivity contribution in [3.63, 3.8) is 0 Å². The zero-order chi connectivity index (χ0) is 18.1. The summed E-state index contributed by atoms with van der Waals surface area (Å²) in [6, 6.07) is 24.2. The van der Waals surface area contributed by atoms with Gasteiger partial charge in [-0.2, -0.15) is 0 Å². The number of anilines is 2. The van der Waals surface area contributed by atoms with Crippen molar-refractivity contribution in [2.45, 2.75) is 6.54 Å². The maximum absolute atomic E-state index is 4.38. The summed E-state index contributed by atoms with van der Waals surface area (Å²) in [7, 11) is 0. The molecule has 2 aromatic heterocycles. The summed E-state index contributed by atoms with van der Waals surface area (Å²) in [5.74, 6) is 0.775. The molecule has 0 amide bonds. The molecule has 6 heteroatoms. The minimum atomic E-state index is 0.695. The number of hydrogen-bond donors (Lipinski definition) is 1. The van der Waals surface area contributed by atoms with Gasteiger partial charge in [0.05, 0.1) is 17.6 Å². The van der Waals surface area contributed by atoms with Crippen LogP contribution in [0.3, 0.4) is 0 Å². The summed E-state index contributed by atoms with van der Waals surface area (Å²) < 4.78 is 1.91. The second-order valence-electron chi connectivity index (χ2n) is 6.30. The topological polar surface area (TPSA) is 68.5 Å². The minimum absolute atomic E-state index is 0.695. The molecule has 5 aromatic rings. The van der Waals surface area contributed by atoms with Crippen LogP contribution in [0.25, 0.3) is 21.9 Å². The van der Waals surface area contributed by atoms with Crippen molar-refractivity contribution in [1.82, 2.24) is 25.0 Å². The van der Waals surface area contributed by atoms with E-state index in [4.69, 9.17) is 0 Å². The third kappa shape index (κ3) is 2.97. The van der Waals surface area contributed by atoms with Crippen LogP contribution in [0.1, 0.15) is 5.56 Å². The zero-order valence-corrected chi connectivity index (χ0v) is 14.4. The Balaban J connectivity index is 1.47. The lowest BCUT2D eigenvalue weighted by Crippen LogP contribution is -2.01. The Hall–Kier alpha value is -3.80. The Labute approximate surface area is 155 Å². The van der Waals surface area contributed by atoms with Crippen molar-refractivity contribution in [2.75, 3.05) is 5.32 Å². The van der Waals surface area contributed by atoms with E-state index in [2.05, 4.69) is 37.7 Å². The van der Waals surface area contributed by atoms with Crippen LogP contribution >= 0.6 is 0 Å². The number of nitrogens with zero attached hydrogens (tertiary/aromatic N) is 5. The van der Waals surface area contributed by atoms with Crippen molar-refractivity contribution in [3.8, 4) is 0 Å². The molecule has 0 saturated heterocycles. The second-order valence-corrected chi connectivity index (χ2v) is 6.30. The minimum Gasteiger partial charge on any atom is -0.340 e. The Bertz CT molecular complexity index is 1220. The molecule has 0 aliphatic rings. The first-order chi connectivity index (χ1) is 13.4. The molecule has 27 heavy (non-hydrogen) atoms. The highest BCUT2D eigenvalue weighted by Crippen LogP contribution is 2.24.